The van der Waals surface area contributed by atoms with E-state index in [1.165, 1.54) is 9.52 Å². The molecule has 246 valence electrons. The Balaban J connectivity index is 1.51. The van der Waals surface area contributed by atoms with Gasteiger partial charge in [-0.2, -0.15) is 23.4 Å². The lowest BCUT2D eigenvalue weighted by Gasteiger charge is -2.32. The van der Waals surface area contributed by atoms with Gasteiger partial charge in [0.05, 0.1) is 35.2 Å². The number of imidazole rings is 1. The Bertz CT molecular complexity index is 1410. The molecule has 11 nitrogen and oxygen atoms in total. The molecule has 3 aliphatic rings. The molecule has 1 aliphatic carbocycles. The molecule has 3 fully saturated rings. The van der Waals surface area contributed by atoms with Crippen molar-refractivity contribution in [1.29, 1.82) is 0 Å². The number of amides is 2. The number of aromatic nitrogens is 4. The Labute approximate surface area is 261 Å². The predicted octanol–water partition coefficient (Wildman–Crippen LogP) is 4.31. The number of likely N-dealkylation sites (N-methyl/N-ethyl adjacent to an activating group) is 1. The second-order valence-corrected chi connectivity index (χ2v) is 12.7. The van der Waals surface area contributed by atoms with Crippen LogP contribution in [-0.4, -0.2) is 76.1 Å². The minimum Gasteiger partial charge on any atom is -0.381 e. The maximum atomic E-state index is 13.6. The summed E-state index contributed by atoms with van der Waals surface area (Å²) in [5, 5.41) is 15.7. The van der Waals surface area contributed by atoms with Crippen LogP contribution in [0, 0.1) is 23.7 Å². The molecule has 1 saturated carbocycles. The molecule has 3 atom stereocenters. The van der Waals surface area contributed by atoms with E-state index >= 15 is 0 Å². The number of piperidine rings is 1. The topological polar surface area (TPSA) is 126 Å². The fraction of sp³-hybridized carbons (Fsp3) is 0.677. The van der Waals surface area contributed by atoms with Crippen LogP contribution in [0.1, 0.15) is 87.8 Å². The molecule has 0 bridgehead atoms. The van der Waals surface area contributed by atoms with Crippen molar-refractivity contribution in [3.63, 3.8) is 0 Å². The first kappa shape index (κ1) is 32.8. The van der Waals surface area contributed by atoms with E-state index in [1.54, 1.807) is 26.2 Å². The second kappa shape index (κ2) is 13.8. The van der Waals surface area contributed by atoms with Gasteiger partial charge in [0.15, 0.2) is 0 Å². The van der Waals surface area contributed by atoms with Crippen LogP contribution in [-0.2, 0) is 20.7 Å². The van der Waals surface area contributed by atoms with Crippen LogP contribution >= 0.6 is 0 Å². The maximum absolute atomic E-state index is 13.6. The minimum atomic E-state index is -4.40. The van der Waals surface area contributed by atoms with Gasteiger partial charge in [-0.3, -0.25) is 14.6 Å². The third-order valence-corrected chi connectivity index (χ3v) is 9.61. The number of halogens is 3. The summed E-state index contributed by atoms with van der Waals surface area (Å²) in [5.41, 5.74) is 2.09. The summed E-state index contributed by atoms with van der Waals surface area (Å²) in [6, 6.07) is -0.423. The minimum absolute atomic E-state index is 0.0222. The number of allylic oxidation sites excluding steroid dienone is 1. The Morgan fingerprint density at radius 1 is 1.24 bits per heavy atom. The molecular weight excluding hydrogens is 589 g/mol. The van der Waals surface area contributed by atoms with Gasteiger partial charge in [-0.15, -0.1) is 0 Å². The number of fused-ring (bicyclic) bond motifs is 1. The summed E-state index contributed by atoms with van der Waals surface area (Å²) < 4.78 is 47.9. The van der Waals surface area contributed by atoms with Crippen molar-refractivity contribution in [2.75, 3.05) is 26.8 Å². The molecule has 14 heteroatoms. The van der Waals surface area contributed by atoms with E-state index < -0.39 is 36.5 Å². The number of nitrogens with one attached hydrogen (secondary N) is 2. The zero-order chi connectivity index (χ0) is 32.3. The van der Waals surface area contributed by atoms with Crippen LogP contribution < -0.4 is 10.6 Å². The van der Waals surface area contributed by atoms with E-state index in [4.69, 9.17) is 19.8 Å². The van der Waals surface area contributed by atoms with Crippen molar-refractivity contribution in [1.82, 2.24) is 35.2 Å². The predicted molar refractivity (Wildman–Crippen MR) is 161 cm³/mol. The first-order valence-electron chi connectivity index (χ1n) is 15.8. The van der Waals surface area contributed by atoms with Gasteiger partial charge in [-0.05, 0) is 50.9 Å². The van der Waals surface area contributed by atoms with Crippen LogP contribution in [0.4, 0.5) is 13.2 Å². The van der Waals surface area contributed by atoms with Crippen LogP contribution in [0.25, 0.3) is 5.78 Å². The van der Waals surface area contributed by atoms with E-state index in [0.29, 0.717) is 60.5 Å². The number of hydrogen-bond acceptors (Lipinski definition) is 8. The average Bonchev–Trinajstić information content (AvgIpc) is 3.44. The van der Waals surface area contributed by atoms with Crippen LogP contribution in [0.5, 0.6) is 0 Å². The molecule has 2 aliphatic heterocycles. The number of alkyl halides is 3. The lowest BCUT2D eigenvalue weighted by Crippen LogP contribution is -2.47. The van der Waals surface area contributed by atoms with Crippen LogP contribution in [0.3, 0.4) is 0 Å². The Hall–Kier alpha value is -3.55. The maximum Gasteiger partial charge on any atom is 0.393 e. The summed E-state index contributed by atoms with van der Waals surface area (Å²) in [6.07, 6.45) is 4.02. The number of ether oxygens (including phenoxy) is 1. The van der Waals surface area contributed by atoms with Crippen molar-refractivity contribution in [3.8, 4) is 0 Å². The molecule has 0 aromatic carbocycles. The van der Waals surface area contributed by atoms with Crippen molar-refractivity contribution in [3.05, 3.63) is 35.1 Å². The highest BCUT2D eigenvalue weighted by atomic mass is 19.4. The van der Waals surface area contributed by atoms with Crippen LogP contribution in [0.2, 0.25) is 0 Å². The van der Waals surface area contributed by atoms with Crippen molar-refractivity contribution in [2.24, 2.45) is 28.8 Å². The highest BCUT2D eigenvalue weighted by molar-refractivity contribution is 5.93. The average molecular weight is 633 g/mol. The molecule has 2 aromatic heterocycles. The summed E-state index contributed by atoms with van der Waals surface area (Å²) in [5.74, 6) is -2.15. The molecule has 0 spiro atoms. The molecular formula is C31H43F3N8O3. The van der Waals surface area contributed by atoms with Gasteiger partial charge in [0, 0.05) is 51.8 Å². The third kappa shape index (κ3) is 7.47. The molecule has 4 heterocycles. The summed E-state index contributed by atoms with van der Waals surface area (Å²) in [7, 11) is 1.65. The number of rotatable bonds is 9. The SMILES string of the molecule is C=NN(C)/C(=C\C)C(=O)NC(c1cn2nc(CC3CC(C(F)(F)F)CNC3=O)c(C3CCOCC3)nc2n1)C1CCC(C)CC1. The molecule has 5 rings (SSSR count). The molecule has 2 aromatic rings. The van der Waals surface area contributed by atoms with Gasteiger partial charge >= 0.3 is 6.18 Å². The fourth-order valence-corrected chi connectivity index (χ4v) is 6.84. The van der Waals surface area contributed by atoms with E-state index in [9.17, 15) is 22.8 Å². The summed E-state index contributed by atoms with van der Waals surface area (Å²) >= 11 is 0. The first-order chi connectivity index (χ1) is 21.5. The number of hydrogen-bond donors (Lipinski definition) is 2. The molecule has 0 radical (unpaired) electrons. The number of carbonyl (C=O) groups excluding carboxylic acids is 2. The lowest BCUT2D eigenvalue weighted by molar-refractivity contribution is -0.183. The third-order valence-electron chi connectivity index (χ3n) is 9.61. The zero-order valence-corrected chi connectivity index (χ0v) is 26.1. The highest BCUT2D eigenvalue weighted by Gasteiger charge is 2.45. The standard InChI is InChI=1S/C31H43F3N8O3/c1-5-25(41(4)35-3)29(44)38-27(19-8-6-18(2)7-9-19)24-17-42-30(37-24)39-26(20-10-12-45-13-11-20)23(40-42)15-21-14-22(31(32,33)34)16-36-28(21)43/h5,17-22,27H,3,6-16H2,1-2,4H3,(H,36,43)(H,38,44)/b25-5-. The van der Waals surface area contributed by atoms with Crippen molar-refractivity contribution < 1.29 is 27.5 Å². The van der Waals surface area contributed by atoms with Gasteiger partial charge in [-0.25, -0.2) is 14.5 Å². The van der Waals surface area contributed by atoms with E-state index in [-0.39, 0.29) is 30.6 Å². The normalized spacial score (nSPS) is 25.9. The fourth-order valence-electron chi connectivity index (χ4n) is 6.84. The lowest BCUT2D eigenvalue weighted by atomic mass is 9.78. The molecule has 2 N–H and O–H groups in total. The number of hydrazone groups is 1. The van der Waals surface area contributed by atoms with Crippen molar-refractivity contribution >= 4 is 24.3 Å². The zero-order valence-electron chi connectivity index (χ0n) is 26.1. The number of nitrogens with zero attached hydrogens (tertiary/aromatic N) is 6. The van der Waals surface area contributed by atoms with E-state index in [1.807, 2.05) is 0 Å². The first-order valence-corrected chi connectivity index (χ1v) is 15.8. The largest absolute Gasteiger partial charge is 0.393 e. The highest BCUT2D eigenvalue weighted by Crippen LogP contribution is 2.38. The Morgan fingerprint density at radius 2 is 1.96 bits per heavy atom. The van der Waals surface area contributed by atoms with Crippen LogP contribution in [0.15, 0.2) is 23.1 Å². The molecule has 3 unspecified atom stereocenters. The van der Waals surface area contributed by atoms with Gasteiger partial charge in [0.2, 0.25) is 5.91 Å². The smallest absolute Gasteiger partial charge is 0.381 e. The van der Waals surface area contributed by atoms with Gasteiger partial charge in [-0.1, -0.05) is 25.8 Å². The monoisotopic (exact) mass is 632 g/mol. The quantitative estimate of drug-likeness (QED) is 0.240. The summed E-state index contributed by atoms with van der Waals surface area (Å²) in [4.78, 5) is 36.0. The Kier molecular flexibility index (Phi) is 10.1. The van der Waals surface area contributed by atoms with Crippen molar-refractivity contribution in [2.45, 2.75) is 83.4 Å². The van der Waals surface area contributed by atoms with Gasteiger partial charge in [0.25, 0.3) is 11.7 Å². The van der Waals surface area contributed by atoms with Gasteiger partial charge < -0.3 is 15.4 Å². The molecule has 2 amide bonds. The Morgan fingerprint density at radius 3 is 2.60 bits per heavy atom. The molecule has 45 heavy (non-hydrogen) atoms. The van der Waals surface area contributed by atoms with E-state index in [2.05, 4.69) is 29.4 Å². The molecule has 2 saturated heterocycles. The second-order valence-electron chi connectivity index (χ2n) is 12.7. The number of carbonyl (C=O) groups is 2. The van der Waals surface area contributed by atoms with E-state index in [0.717, 1.165) is 25.7 Å². The van der Waals surface area contributed by atoms with Gasteiger partial charge in [0.1, 0.15) is 5.70 Å². The summed E-state index contributed by atoms with van der Waals surface area (Å²) in [6.45, 7) is 8.17.